The molecule has 0 unspecified atom stereocenters. The van der Waals surface area contributed by atoms with Crippen molar-refractivity contribution < 1.29 is 48.3 Å². The third-order valence-corrected chi connectivity index (χ3v) is 20.3. The number of furan rings is 1. The maximum atomic E-state index is 10.2. The predicted molar refractivity (Wildman–Crippen MR) is 436 cm³/mol. The Balaban J connectivity index is 0.938. The molecule has 7 heterocycles. The molecule has 104 heavy (non-hydrogen) atoms. The number of benzene rings is 16. The second-order valence-corrected chi connectivity index (χ2v) is 25.5. The summed E-state index contributed by atoms with van der Waals surface area (Å²) in [6, 6.07) is 26.0. The number of hydrogen-bond donors (Lipinski definition) is 0. The van der Waals surface area contributed by atoms with Crippen LogP contribution in [0.15, 0.2) is 362 Å². The lowest BCUT2D eigenvalue weighted by Crippen LogP contribution is -2.61. The smallest absolute Gasteiger partial charge is 0.252 e. The standard InChI is InChI=1S/C96H59BN6O/c1-3-25-60(26-4-1)62-53-63(61-27-5-2-6-28-61)55-66(54-62)101-90-56-64(98-80-39-15-7-29-68(80)69-30-8-16-40-81(69)98)49-51-78(90)97-79-52-50-65(99-82-41-17-9-31-70(82)71-32-10-18-42-83(71)99)57-91(79)103(93-59-67(58-92(101)94(93)97)100-84-43-19-11-33-72(84)73-34-12-20-44-85(73)100)89-48-24-38-77-76-37-23-47-88(95(76)104-96(77)89)102-86-45-21-13-35-74(86)75-36-14-22-46-87(75)102/h1-59H/i7D,8D,9D,10D,11D,12D,13D,14D,15D,16D,17D,18D,19D,20D,21D,22D,29D,30D,31D,32D,33D,34D,35D,36D,39D,40D,41D,42D,43D,44D,45D,46D. The number of rotatable bonds is 8. The zero-order chi connectivity index (χ0) is 95.7. The van der Waals surface area contributed by atoms with Gasteiger partial charge in [-0.2, -0.15) is 0 Å². The second kappa shape index (κ2) is 21.8. The van der Waals surface area contributed by atoms with Crippen molar-refractivity contribution >= 4 is 166 Å². The molecule has 7 nitrogen and oxygen atoms in total. The summed E-state index contributed by atoms with van der Waals surface area (Å²) in [7, 11) is 0. The normalized spacial score (nSPS) is 17.1. The van der Waals surface area contributed by atoms with E-state index in [2.05, 4.69) is 0 Å². The van der Waals surface area contributed by atoms with Gasteiger partial charge in [0.1, 0.15) is 0 Å². The lowest BCUT2D eigenvalue weighted by atomic mass is 9.33. The molecule has 482 valence electrons. The number of para-hydroxylation sites is 10. The Hall–Kier alpha value is -13.8. The maximum Gasteiger partial charge on any atom is 0.252 e. The van der Waals surface area contributed by atoms with E-state index in [0.717, 1.165) is 0 Å². The van der Waals surface area contributed by atoms with Gasteiger partial charge < -0.3 is 32.5 Å². The van der Waals surface area contributed by atoms with Gasteiger partial charge in [-0.15, -0.1) is 0 Å². The number of aromatic nitrogens is 4. The molecule has 0 N–H and O–H groups in total. The minimum atomic E-state index is -1.20. The highest BCUT2D eigenvalue weighted by Crippen LogP contribution is 2.52. The molecule has 0 spiro atoms. The van der Waals surface area contributed by atoms with Gasteiger partial charge in [0.05, 0.1) is 105 Å². The van der Waals surface area contributed by atoms with E-state index in [-0.39, 0.29) is 150 Å². The molecule has 0 bridgehead atoms. The molecule has 0 fully saturated rings. The number of hydrogen-bond acceptors (Lipinski definition) is 3. The number of anilines is 6. The average Bonchev–Trinajstić information content (AvgIpc) is 1.21. The van der Waals surface area contributed by atoms with Gasteiger partial charge in [0.2, 0.25) is 0 Å². The largest absolute Gasteiger partial charge is 0.452 e. The van der Waals surface area contributed by atoms with Crippen molar-refractivity contribution in [2.24, 2.45) is 0 Å². The van der Waals surface area contributed by atoms with Crippen molar-refractivity contribution in [1.29, 1.82) is 0 Å². The fraction of sp³-hybridized carbons (Fsp3) is 0. The Kier molecular flexibility index (Phi) is 7.25. The molecule has 0 atom stereocenters. The summed E-state index contributed by atoms with van der Waals surface area (Å²) in [6.07, 6.45) is 0. The predicted octanol–water partition coefficient (Wildman–Crippen LogP) is 23.4. The first kappa shape index (κ1) is 34.5. The first-order valence-electron chi connectivity index (χ1n) is 49.2. The molecular weight excluding hydrogens is 1260 g/mol. The Labute approximate surface area is 643 Å². The van der Waals surface area contributed by atoms with Crippen LogP contribution in [0.1, 0.15) is 43.9 Å². The fourth-order valence-corrected chi connectivity index (χ4v) is 16.1. The average molecular weight is 1360 g/mol. The quantitative estimate of drug-likeness (QED) is 0.142. The third kappa shape index (κ3) is 8.07. The molecule has 0 amide bonds. The topological polar surface area (TPSA) is 39.3 Å². The molecule has 23 rings (SSSR count). The molecule has 0 radical (unpaired) electrons. The van der Waals surface area contributed by atoms with E-state index < -0.39 is 200 Å². The van der Waals surface area contributed by atoms with Crippen LogP contribution >= 0.6 is 0 Å². The van der Waals surface area contributed by atoms with E-state index in [0.29, 0.717) is 55.1 Å². The van der Waals surface area contributed by atoms with Crippen LogP contribution in [0.25, 0.3) is 154 Å². The van der Waals surface area contributed by atoms with Gasteiger partial charge in [-0.25, -0.2) is 0 Å². The lowest BCUT2D eigenvalue weighted by molar-refractivity contribution is 0.666. The molecule has 5 aromatic heterocycles. The first-order chi connectivity index (χ1) is 64.9. The summed E-state index contributed by atoms with van der Waals surface area (Å²) in [5.41, 5.74) is 2.65. The highest BCUT2D eigenvalue weighted by Gasteiger charge is 2.45. The van der Waals surface area contributed by atoms with Crippen LogP contribution in [0.4, 0.5) is 34.1 Å². The van der Waals surface area contributed by atoms with Gasteiger partial charge >= 0.3 is 0 Å². The lowest BCUT2D eigenvalue weighted by Gasteiger charge is -2.44. The zero-order valence-corrected chi connectivity index (χ0v) is 53.8. The minimum absolute atomic E-state index is 0.00608. The summed E-state index contributed by atoms with van der Waals surface area (Å²) in [4.78, 5) is 3.64. The molecule has 0 aliphatic carbocycles. The van der Waals surface area contributed by atoms with Crippen molar-refractivity contribution in [1.82, 2.24) is 18.3 Å². The van der Waals surface area contributed by atoms with Gasteiger partial charge in [-0.3, -0.25) is 0 Å². The van der Waals surface area contributed by atoms with Crippen LogP contribution in [-0.4, -0.2) is 25.0 Å². The SMILES string of the molecule is [2H]c1c([2H])c([2H])c2c(c1[2H])c1c([2H])c([2H])c([2H])c([2H])c1n2-c1ccc2c(c1)N(c1cc(-c3ccccc3)cc(-c3ccccc3)c1)c1cc(-n3c4c([2H])c([2H])c([2H])c([2H])c4c4c([2H])c([2H])c([2H])c([2H])c43)cc3c1B2c1ccc(-n2c4c([2H])c([2H])c([2H])c([2H])c4c4c([2H])c([2H])c([2H])c([2H])c42)cc1N3c1cccc2c1oc1c(-n3c4c([2H])c([2H])c([2H])c([2H])c4c4c([2H])c([2H])c([2H])c([2H])c43)cccc12. The van der Waals surface area contributed by atoms with E-state index in [1.54, 1.807) is 89.8 Å². The molecule has 0 saturated heterocycles. The molecule has 2 aliphatic heterocycles. The summed E-state index contributed by atoms with van der Waals surface area (Å²) in [6.45, 7) is -1.20. The van der Waals surface area contributed by atoms with Crippen molar-refractivity contribution in [2.75, 3.05) is 9.80 Å². The van der Waals surface area contributed by atoms with E-state index in [1.165, 1.54) is 18.3 Å². The Morgan fingerprint density at radius 3 is 0.981 bits per heavy atom. The van der Waals surface area contributed by atoms with Crippen LogP contribution in [0.2, 0.25) is 0 Å². The van der Waals surface area contributed by atoms with Gasteiger partial charge in [0.15, 0.2) is 11.2 Å². The molecule has 21 aromatic rings. The molecule has 16 aromatic carbocycles. The highest BCUT2D eigenvalue weighted by molar-refractivity contribution is 7.00. The van der Waals surface area contributed by atoms with Crippen LogP contribution in [0, 0.1) is 0 Å². The Morgan fingerprint density at radius 2 is 0.567 bits per heavy atom. The molecule has 0 saturated carbocycles. The fourth-order valence-electron chi connectivity index (χ4n) is 16.1. The van der Waals surface area contributed by atoms with Gasteiger partial charge in [-0.05, 0) is 154 Å². The number of nitrogens with zero attached hydrogens (tertiary/aromatic N) is 6. The van der Waals surface area contributed by atoms with Crippen molar-refractivity contribution in [3.05, 3.63) is 357 Å². The van der Waals surface area contributed by atoms with Gasteiger partial charge in [0.25, 0.3) is 6.71 Å². The van der Waals surface area contributed by atoms with Crippen LogP contribution in [0.5, 0.6) is 0 Å². The van der Waals surface area contributed by atoms with Crippen LogP contribution in [-0.2, 0) is 0 Å². The van der Waals surface area contributed by atoms with Crippen molar-refractivity contribution in [2.45, 2.75) is 0 Å². The monoisotopic (exact) mass is 1350 g/mol. The molecular formula is C96H59BN6O. The van der Waals surface area contributed by atoms with Gasteiger partial charge in [-0.1, -0.05) is 242 Å². The van der Waals surface area contributed by atoms with E-state index >= 15 is 0 Å². The maximum absolute atomic E-state index is 10.2. The Morgan fingerprint density at radius 1 is 0.231 bits per heavy atom. The second-order valence-electron chi connectivity index (χ2n) is 25.5. The Bertz CT molecular complexity index is 8880. The zero-order valence-electron chi connectivity index (χ0n) is 85.8. The van der Waals surface area contributed by atoms with Crippen LogP contribution < -0.4 is 26.2 Å². The number of fused-ring (bicyclic) bond motifs is 19. The summed E-state index contributed by atoms with van der Waals surface area (Å²) in [5, 5.41) is -1.53. The van der Waals surface area contributed by atoms with E-state index in [4.69, 9.17) is 15.4 Å². The third-order valence-electron chi connectivity index (χ3n) is 20.3. The van der Waals surface area contributed by atoms with Crippen LogP contribution in [0.3, 0.4) is 0 Å². The van der Waals surface area contributed by atoms with Gasteiger partial charge in [0, 0.05) is 93.7 Å². The molecule has 2 aliphatic rings. The van der Waals surface area contributed by atoms with E-state index in [1.807, 2.05) is 83.8 Å². The van der Waals surface area contributed by atoms with E-state index in [9.17, 15) is 32.9 Å². The minimum Gasteiger partial charge on any atom is -0.452 e. The first-order valence-corrected chi connectivity index (χ1v) is 33.2. The van der Waals surface area contributed by atoms with Crippen molar-refractivity contribution in [3.63, 3.8) is 0 Å². The summed E-state index contributed by atoms with van der Waals surface area (Å²) in [5.74, 6) is 0. The molecule has 8 heteroatoms. The summed E-state index contributed by atoms with van der Waals surface area (Å²) >= 11 is 0. The highest BCUT2D eigenvalue weighted by atomic mass is 16.3. The van der Waals surface area contributed by atoms with Crippen molar-refractivity contribution in [3.8, 4) is 45.0 Å². The summed E-state index contributed by atoms with van der Waals surface area (Å²) < 4.78 is 316.